The van der Waals surface area contributed by atoms with Crippen LogP contribution in [0.25, 0.3) is 0 Å². The van der Waals surface area contributed by atoms with Crippen LogP contribution in [0.2, 0.25) is 5.02 Å². The zero-order chi connectivity index (χ0) is 19.3. The molecule has 0 saturated carbocycles. The molecule has 1 heterocycles. The first-order chi connectivity index (χ1) is 12.3. The Morgan fingerprint density at radius 2 is 2.15 bits per heavy atom. The van der Waals surface area contributed by atoms with Crippen molar-refractivity contribution in [2.24, 2.45) is 5.92 Å². The molecule has 1 amide bonds. The predicted molar refractivity (Wildman–Crippen MR) is 100 cm³/mol. The maximum absolute atomic E-state index is 13.0. The molecular formula is C18H24ClN3O3S. The molecule has 0 spiro atoms. The number of halogens is 1. The Bertz CT molecular complexity index is 804. The maximum atomic E-state index is 13.0. The molecule has 2 atom stereocenters. The monoisotopic (exact) mass is 397 g/mol. The van der Waals surface area contributed by atoms with Gasteiger partial charge in [0, 0.05) is 19.1 Å². The van der Waals surface area contributed by atoms with Crippen molar-refractivity contribution < 1.29 is 13.2 Å². The van der Waals surface area contributed by atoms with Gasteiger partial charge in [-0.15, -0.1) is 0 Å². The van der Waals surface area contributed by atoms with Gasteiger partial charge in [-0.25, -0.2) is 8.42 Å². The first-order valence-corrected chi connectivity index (χ1v) is 10.6. The molecule has 6 nitrogen and oxygen atoms in total. The fourth-order valence-electron chi connectivity index (χ4n) is 3.04. The number of carbonyl (C=O) groups excluding carboxylic acids is 1. The van der Waals surface area contributed by atoms with Gasteiger partial charge in [0.05, 0.1) is 21.4 Å². The smallest absolute Gasteiger partial charge is 0.243 e. The van der Waals surface area contributed by atoms with Crippen molar-refractivity contribution >= 4 is 27.5 Å². The minimum absolute atomic E-state index is 0.0420. The van der Waals surface area contributed by atoms with E-state index in [4.69, 9.17) is 16.9 Å². The molecule has 2 rings (SSSR count). The van der Waals surface area contributed by atoms with Crippen molar-refractivity contribution in [2.75, 3.05) is 13.1 Å². The van der Waals surface area contributed by atoms with Crippen LogP contribution in [0.1, 0.15) is 45.1 Å². The second kappa shape index (κ2) is 8.85. The number of nitrogens with zero attached hydrogens (tertiary/aromatic N) is 2. The zero-order valence-corrected chi connectivity index (χ0v) is 16.6. The van der Waals surface area contributed by atoms with E-state index in [-0.39, 0.29) is 39.9 Å². The van der Waals surface area contributed by atoms with E-state index in [1.807, 2.05) is 19.9 Å². The average molecular weight is 398 g/mol. The van der Waals surface area contributed by atoms with Crippen LogP contribution in [0.15, 0.2) is 23.1 Å². The molecule has 2 unspecified atom stereocenters. The van der Waals surface area contributed by atoms with Gasteiger partial charge >= 0.3 is 0 Å². The standard InChI is InChI=1S/C18H24ClN3O3S/c1-3-4-9-21-18(23)15-6-5-13(2)22(12-15)26(24,25)16-8-7-14(11-20)17(19)10-16/h7-8,10,13,15H,3-6,9,12H2,1-2H3,(H,21,23). The highest BCUT2D eigenvalue weighted by Crippen LogP contribution is 2.30. The van der Waals surface area contributed by atoms with Crippen molar-refractivity contribution in [3.63, 3.8) is 0 Å². The normalized spacial score (nSPS) is 21.2. The van der Waals surface area contributed by atoms with Gasteiger partial charge in [0.1, 0.15) is 6.07 Å². The van der Waals surface area contributed by atoms with Crippen molar-refractivity contribution in [1.82, 2.24) is 9.62 Å². The van der Waals surface area contributed by atoms with Gasteiger partial charge in [-0.05, 0) is 44.4 Å². The fraction of sp³-hybridized carbons (Fsp3) is 0.556. The number of nitriles is 1. The van der Waals surface area contributed by atoms with Crippen LogP contribution in [0.5, 0.6) is 0 Å². The Labute approximate surface area is 160 Å². The van der Waals surface area contributed by atoms with Gasteiger partial charge in [0.15, 0.2) is 0 Å². The largest absolute Gasteiger partial charge is 0.356 e. The number of sulfonamides is 1. The molecule has 0 radical (unpaired) electrons. The van der Waals surface area contributed by atoms with E-state index >= 15 is 0 Å². The molecule has 1 aromatic carbocycles. The van der Waals surface area contributed by atoms with Gasteiger partial charge < -0.3 is 5.32 Å². The fourth-order valence-corrected chi connectivity index (χ4v) is 5.06. The van der Waals surface area contributed by atoms with Crippen LogP contribution >= 0.6 is 11.6 Å². The molecule has 26 heavy (non-hydrogen) atoms. The third kappa shape index (κ3) is 4.56. The minimum Gasteiger partial charge on any atom is -0.356 e. The molecule has 0 aliphatic carbocycles. The van der Waals surface area contributed by atoms with E-state index in [0.29, 0.717) is 19.4 Å². The van der Waals surface area contributed by atoms with Crippen molar-refractivity contribution in [3.05, 3.63) is 28.8 Å². The van der Waals surface area contributed by atoms with E-state index in [1.165, 1.54) is 22.5 Å². The molecule has 8 heteroatoms. The number of carbonyl (C=O) groups is 1. The highest BCUT2D eigenvalue weighted by molar-refractivity contribution is 7.89. The summed E-state index contributed by atoms with van der Waals surface area (Å²) in [6, 6.07) is 5.80. The Kier molecular flexibility index (Phi) is 7.04. The van der Waals surface area contributed by atoms with Crippen LogP contribution in [-0.2, 0) is 14.8 Å². The van der Waals surface area contributed by atoms with Crippen LogP contribution in [0, 0.1) is 17.2 Å². The molecular weight excluding hydrogens is 374 g/mol. The molecule has 1 aliphatic heterocycles. The van der Waals surface area contributed by atoms with E-state index in [1.54, 1.807) is 0 Å². The van der Waals surface area contributed by atoms with Gasteiger partial charge in [0.25, 0.3) is 0 Å². The molecule has 0 aromatic heterocycles. The number of piperidine rings is 1. The lowest BCUT2D eigenvalue weighted by molar-refractivity contribution is -0.126. The number of unbranched alkanes of at least 4 members (excludes halogenated alkanes) is 1. The molecule has 1 saturated heterocycles. The quantitative estimate of drug-likeness (QED) is 0.747. The summed E-state index contributed by atoms with van der Waals surface area (Å²) >= 11 is 5.99. The molecule has 142 valence electrons. The zero-order valence-electron chi connectivity index (χ0n) is 15.0. The Morgan fingerprint density at radius 1 is 1.42 bits per heavy atom. The van der Waals surface area contributed by atoms with Crippen LogP contribution in [-0.4, -0.2) is 37.8 Å². The molecule has 0 bridgehead atoms. The van der Waals surface area contributed by atoms with Crippen LogP contribution in [0.4, 0.5) is 0 Å². The maximum Gasteiger partial charge on any atom is 0.243 e. The molecule has 1 N–H and O–H groups in total. The summed E-state index contributed by atoms with van der Waals surface area (Å²) in [6.07, 6.45) is 3.18. The molecule has 1 aliphatic rings. The summed E-state index contributed by atoms with van der Waals surface area (Å²) < 4.78 is 27.4. The number of hydrogen-bond donors (Lipinski definition) is 1. The average Bonchev–Trinajstić information content (AvgIpc) is 2.61. The number of nitrogens with one attached hydrogen (secondary N) is 1. The van der Waals surface area contributed by atoms with Crippen molar-refractivity contribution in [3.8, 4) is 6.07 Å². The summed E-state index contributed by atoms with van der Waals surface area (Å²) in [4.78, 5) is 12.4. The van der Waals surface area contributed by atoms with Crippen LogP contribution in [0.3, 0.4) is 0 Å². The lowest BCUT2D eigenvalue weighted by Gasteiger charge is -2.36. The second-order valence-corrected chi connectivity index (χ2v) is 8.89. The lowest BCUT2D eigenvalue weighted by atomic mass is 9.94. The summed E-state index contributed by atoms with van der Waals surface area (Å²) in [5.74, 6) is -0.449. The lowest BCUT2D eigenvalue weighted by Crippen LogP contribution is -2.49. The Hall–Kier alpha value is -1.62. The van der Waals surface area contributed by atoms with Crippen molar-refractivity contribution in [2.45, 2.75) is 50.5 Å². The van der Waals surface area contributed by atoms with E-state index in [0.717, 1.165) is 12.8 Å². The first-order valence-electron chi connectivity index (χ1n) is 8.80. The summed E-state index contributed by atoms with van der Waals surface area (Å²) in [5, 5.41) is 11.9. The van der Waals surface area contributed by atoms with Gasteiger partial charge in [0.2, 0.25) is 15.9 Å². The second-order valence-electron chi connectivity index (χ2n) is 6.60. The van der Waals surface area contributed by atoms with Crippen LogP contribution < -0.4 is 5.32 Å². The van der Waals surface area contributed by atoms with Gasteiger partial charge in [-0.2, -0.15) is 9.57 Å². The summed E-state index contributed by atoms with van der Waals surface area (Å²) in [5.41, 5.74) is 0.227. The SMILES string of the molecule is CCCCNC(=O)C1CCC(C)N(S(=O)(=O)c2ccc(C#N)c(Cl)c2)C1. The number of amides is 1. The third-order valence-corrected chi connectivity index (χ3v) is 6.98. The van der Waals surface area contributed by atoms with E-state index < -0.39 is 10.0 Å². The number of rotatable bonds is 6. The molecule has 1 fully saturated rings. The number of hydrogen-bond acceptors (Lipinski definition) is 4. The van der Waals surface area contributed by atoms with Crippen molar-refractivity contribution in [1.29, 1.82) is 5.26 Å². The summed E-state index contributed by atoms with van der Waals surface area (Å²) in [6.45, 7) is 4.65. The Morgan fingerprint density at radius 3 is 2.77 bits per heavy atom. The summed E-state index contributed by atoms with van der Waals surface area (Å²) in [7, 11) is -3.79. The topological polar surface area (TPSA) is 90.3 Å². The van der Waals surface area contributed by atoms with Gasteiger partial charge in [-0.3, -0.25) is 4.79 Å². The Balaban J connectivity index is 2.20. The van der Waals surface area contributed by atoms with E-state index in [9.17, 15) is 13.2 Å². The van der Waals surface area contributed by atoms with Gasteiger partial charge in [-0.1, -0.05) is 24.9 Å². The predicted octanol–water partition coefficient (Wildman–Crippen LogP) is 2.92. The minimum atomic E-state index is -3.79. The first kappa shape index (κ1) is 20.7. The highest BCUT2D eigenvalue weighted by atomic mass is 35.5. The third-order valence-electron chi connectivity index (χ3n) is 4.69. The van der Waals surface area contributed by atoms with E-state index in [2.05, 4.69) is 5.32 Å². The number of benzene rings is 1. The molecule has 1 aromatic rings. The highest BCUT2D eigenvalue weighted by Gasteiger charge is 2.37.